The zero-order valence-corrected chi connectivity index (χ0v) is 25.4. The summed E-state index contributed by atoms with van der Waals surface area (Å²) >= 11 is 8.03. The number of rotatable bonds is 15. The predicted molar refractivity (Wildman–Crippen MR) is 170 cm³/mol. The third-order valence-corrected chi connectivity index (χ3v) is 10.2. The van der Waals surface area contributed by atoms with Crippen LogP contribution >= 0.6 is 68.4 Å². The second-order valence-corrected chi connectivity index (χ2v) is 13.2. The summed E-state index contributed by atoms with van der Waals surface area (Å²) in [7, 11) is 4.75. The monoisotopic (exact) mass is 630 g/mol. The lowest BCUT2D eigenvalue weighted by molar-refractivity contribution is -0.112. The molecule has 8 nitrogen and oxygen atoms in total. The van der Waals surface area contributed by atoms with Gasteiger partial charge in [0.2, 0.25) is 10.2 Å². The Bertz CT molecular complexity index is 1020. The molecule has 2 rings (SSSR count). The van der Waals surface area contributed by atoms with E-state index in [4.69, 9.17) is 11.5 Å². The molecule has 0 radical (unpaired) electrons. The SMILES string of the molecule is N[C@@H](CS)C(=O)SSCCNC(=O)c1ccccc1-c1ccccc1C(=O)NCCSSC(=O)[C@@H](N)CS. The lowest BCUT2D eigenvalue weighted by Crippen LogP contribution is -2.30. The summed E-state index contributed by atoms with van der Waals surface area (Å²) < 4.78 is 0. The van der Waals surface area contributed by atoms with Crippen LogP contribution in [0, 0.1) is 0 Å². The number of carbonyl (C=O) groups excluding carboxylic acids is 4. The van der Waals surface area contributed by atoms with Gasteiger partial charge in [-0.15, -0.1) is 0 Å². The topological polar surface area (TPSA) is 144 Å². The van der Waals surface area contributed by atoms with E-state index in [0.717, 1.165) is 21.6 Å². The van der Waals surface area contributed by atoms with Gasteiger partial charge in [-0.3, -0.25) is 19.2 Å². The van der Waals surface area contributed by atoms with Crippen molar-refractivity contribution < 1.29 is 19.2 Å². The highest BCUT2D eigenvalue weighted by molar-refractivity contribution is 8.82. The summed E-state index contributed by atoms with van der Waals surface area (Å²) in [6, 6.07) is 12.9. The fourth-order valence-corrected chi connectivity index (χ4v) is 7.11. The first kappa shape index (κ1) is 32.9. The normalized spacial score (nSPS) is 12.4. The molecule has 2 aromatic carbocycles. The minimum atomic E-state index is -0.613. The van der Waals surface area contributed by atoms with Crippen LogP contribution in [0.3, 0.4) is 0 Å². The van der Waals surface area contributed by atoms with Crippen LogP contribution < -0.4 is 22.1 Å². The maximum absolute atomic E-state index is 13.0. The maximum Gasteiger partial charge on any atom is 0.251 e. The molecule has 38 heavy (non-hydrogen) atoms. The molecule has 0 aliphatic heterocycles. The van der Waals surface area contributed by atoms with Gasteiger partial charge in [0, 0.05) is 47.2 Å². The molecule has 0 fully saturated rings. The summed E-state index contributed by atoms with van der Waals surface area (Å²) in [4.78, 5) is 49.5. The average Bonchev–Trinajstić information content (AvgIpc) is 2.95. The fraction of sp³-hybridized carbons (Fsp3) is 0.333. The number of nitrogens with two attached hydrogens (primary N) is 2. The number of carbonyl (C=O) groups is 4. The van der Waals surface area contributed by atoms with Gasteiger partial charge in [-0.25, -0.2) is 0 Å². The molecule has 0 aliphatic carbocycles. The summed E-state index contributed by atoms with van der Waals surface area (Å²) in [5.74, 6) is 1.04. The Balaban J connectivity index is 1.98. The van der Waals surface area contributed by atoms with Crippen molar-refractivity contribution in [3.05, 3.63) is 59.7 Å². The Morgan fingerprint density at radius 1 is 0.684 bits per heavy atom. The highest BCUT2D eigenvalue weighted by Crippen LogP contribution is 2.28. The van der Waals surface area contributed by atoms with Crippen LogP contribution in [0.15, 0.2) is 48.5 Å². The molecule has 0 saturated heterocycles. The van der Waals surface area contributed by atoms with Crippen molar-refractivity contribution in [3.8, 4) is 11.1 Å². The highest BCUT2D eigenvalue weighted by atomic mass is 33.1. The van der Waals surface area contributed by atoms with Crippen molar-refractivity contribution in [3.63, 3.8) is 0 Å². The molecule has 0 heterocycles. The second kappa shape index (κ2) is 18.2. The zero-order valence-electron chi connectivity index (χ0n) is 20.3. The Kier molecular flexibility index (Phi) is 15.7. The summed E-state index contributed by atoms with van der Waals surface area (Å²) in [6.07, 6.45) is 0. The molecule has 2 atom stereocenters. The van der Waals surface area contributed by atoms with Crippen molar-refractivity contribution >= 4 is 90.5 Å². The van der Waals surface area contributed by atoms with E-state index in [1.54, 1.807) is 36.4 Å². The van der Waals surface area contributed by atoms with Gasteiger partial charge in [-0.2, -0.15) is 25.3 Å². The van der Waals surface area contributed by atoms with E-state index in [2.05, 4.69) is 35.9 Å². The Morgan fingerprint density at radius 2 is 1.05 bits per heavy atom. The fourth-order valence-electron chi connectivity index (χ4n) is 2.91. The molecular formula is C24H30N4O4S6. The van der Waals surface area contributed by atoms with Gasteiger partial charge in [0.15, 0.2) is 0 Å². The Hall–Kier alpha value is -1.26. The molecule has 2 aromatic rings. The van der Waals surface area contributed by atoms with Crippen LogP contribution in [0.2, 0.25) is 0 Å². The van der Waals surface area contributed by atoms with Crippen LogP contribution in [-0.2, 0) is 9.59 Å². The molecule has 6 N–H and O–H groups in total. The van der Waals surface area contributed by atoms with E-state index >= 15 is 0 Å². The first-order valence-electron chi connectivity index (χ1n) is 11.4. The number of amides is 2. The molecule has 206 valence electrons. The highest BCUT2D eigenvalue weighted by Gasteiger charge is 2.18. The van der Waals surface area contributed by atoms with E-state index in [-0.39, 0.29) is 33.6 Å². The lowest BCUT2D eigenvalue weighted by atomic mass is 9.94. The third kappa shape index (κ3) is 10.7. The molecular weight excluding hydrogens is 601 g/mol. The quantitative estimate of drug-likeness (QED) is 0.0987. The van der Waals surface area contributed by atoms with Gasteiger partial charge in [-0.1, -0.05) is 58.0 Å². The number of hydrogen-bond acceptors (Lipinski definition) is 12. The first-order chi connectivity index (χ1) is 18.3. The minimum Gasteiger partial charge on any atom is -0.351 e. The van der Waals surface area contributed by atoms with Crippen molar-refractivity contribution in [2.45, 2.75) is 12.1 Å². The van der Waals surface area contributed by atoms with Crippen molar-refractivity contribution in [1.82, 2.24) is 10.6 Å². The van der Waals surface area contributed by atoms with E-state index in [9.17, 15) is 19.2 Å². The molecule has 0 bridgehead atoms. The van der Waals surface area contributed by atoms with E-state index < -0.39 is 12.1 Å². The van der Waals surface area contributed by atoms with E-state index in [1.807, 2.05) is 12.1 Å². The van der Waals surface area contributed by atoms with Crippen LogP contribution in [0.25, 0.3) is 11.1 Å². The molecule has 0 spiro atoms. The van der Waals surface area contributed by atoms with Crippen LogP contribution in [-0.4, -0.2) is 70.2 Å². The van der Waals surface area contributed by atoms with Crippen LogP contribution in [0.4, 0.5) is 0 Å². The van der Waals surface area contributed by atoms with Gasteiger partial charge in [-0.05, 0) is 44.8 Å². The van der Waals surface area contributed by atoms with Crippen LogP contribution in [0.1, 0.15) is 20.7 Å². The number of nitrogens with one attached hydrogen (secondary N) is 2. The molecule has 0 unspecified atom stereocenters. The predicted octanol–water partition coefficient (Wildman–Crippen LogP) is 3.14. The van der Waals surface area contributed by atoms with Gasteiger partial charge in [0.25, 0.3) is 11.8 Å². The van der Waals surface area contributed by atoms with Gasteiger partial charge < -0.3 is 22.1 Å². The van der Waals surface area contributed by atoms with Crippen molar-refractivity contribution in [1.29, 1.82) is 0 Å². The van der Waals surface area contributed by atoms with Gasteiger partial charge in [0.1, 0.15) is 0 Å². The first-order valence-corrected chi connectivity index (χ1v) is 17.3. The van der Waals surface area contributed by atoms with Crippen molar-refractivity contribution in [2.75, 3.05) is 36.1 Å². The number of hydrogen-bond donors (Lipinski definition) is 6. The maximum atomic E-state index is 13.0. The Labute approximate surface area is 249 Å². The summed E-state index contributed by atoms with van der Waals surface area (Å²) in [5.41, 5.74) is 13.4. The van der Waals surface area contributed by atoms with Crippen LogP contribution in [0.5, 0.6) is 0 Å². The molecule has 2 amide bonds. The largest absolute Gasteiger partial charge is 0.351 e. The smallest absolute Gasteiger partial charge is 0.251 e. The number of thiol groups is 2. The molecule has 0 aliphatic rings. The molecule has 14 heteroatoms. The zero-order chi connectivity index (χ0) is 27.9. The second-order valence-electron chi connectivity index (χ2n) is 7.63. The van der Waals surface area contributed by atoms with Crippen molar-refractivity contribution in [2.24, 2.45) is 11.5 Å². The van der Waals surface area contributed by atoms with Gasteiger partial charge >= 0.3 is 0 Å². The summed E-state index contributed by atoms with van der Waals surface area (Å²) in [5, 5.41) is 5.43. The Morgan fingerprint density at radius 3 is 1.42 bits per heavy atom. The minimum absolute atomic E-state index is 0.153. The van der Waals surface area contributed by atoms with E-state index in [0.29, 0.717) is 46.8 Å². The lowest BCUT2D eigenvalue weighted by Gasteiger charge is -2.14. The molecule has 0 aromatic heterocycles. The molecule has 0 saturated carbocycles. The summed E-state index contributed by atoms with van der Waals surface area (Å²) in [6.45, 7) is 0.709. The average molecular weight is 631 g/mol. The van der Waals surface area contributed by atoms with Gasteiger partial charge in [0.05, 0.1) is 12.1 Å². The number of benzene rings is 2. The standard InChI is InChI=1S/C24H30N4O4S6/c25-19(13-33)23(31)37-35-11-9-27-21(29)17-7-3-1-5-15(17)16-6-2-4-8-18(16)22(30)28-10-12-36-38-24(32)20(26)14-34/h1-8,19-20,33-34H,9-14,25-26H2,(H,27,29)(H,28,30)/t19-,20-/m0/s1. The van der Waals surface area contributed by atoms with E-state index in [1.165, 1.54) is 21.6 Å². The third-order valence-electron chi connectivity index (χ3n) is 4.86.